The van der Waals surface area contributed by atoms with Crippen molar-refractivity contribution < 1.29 is 14.2 Å². The Hall–Kier alpha value is -3.61. The van der Waals surface area contributed by atoms with Crippen molar-refractivity contribution in [2.75, 3.05) is 6.61 Å². The topological polar surface area (TPSA) is 91.9 Å². The Kier molecular flexibility index (Phi) is 4.58. The first kappa shape index (κ1) is 20.3. The molecule has 3 aromatic rings. The first-order valence-electron chi connectivity index (χ1n) is 10.6. The van der Waals surface area contributed by atoms with Crippen molar-refractivity contribution in [2.45, 2.75) is 39.3 Å². The molecule has 7 heteroatoms. The number of ether oxygens (including phenoxy) is 3. The van der Waals surface area contributed by atoms with Crippen LogP contribution in [0.1, 0.15) is 38.8 Å². The molecule has 2 aliphatic rings. The van der Waals surface area contributed by atoms with Gasteiger partial charge in [0.1, 0.15) is 29.7 Å². The van der Waals surface area contributed by atoms with Gasteiger partial charge in [0.2, 0.25) is 0 Å². The maximum absolute atomic E-state index is 6.29. The molecule has 164 valence electrons. The zero-order chi connectivity index (χ0) is 22.5. The summed E-state index contributed by atoms with van der Waals surface area (Å²) in [5.41, 5.74) is 8.89. The van der Waals surface area contributed by atoms with Crippen LogP contribution in [0.2, 0.25) is 0 Å². The number of fused-ring (bicyclic) bond motifs is 4. The van der Waals surface area contributed by atoms with Crippen molar-refractivity contribution in [2.24, 2.45) is 16.1 Å². The molecule has 7 nitrogen and oxygen atoms in total. The van der Waals surface area contributed by atoms with Crippen LogP contribution in [0, 0.1) is 5.41 Å². The van der Waals surface area contributed by atoms with Crippen LogP contribution in [-0.2, 0) is 10.3 Å². The van der Waals surface area contributed by atoms with E-state index in [0.29, 0.717) is 12.4 Å². The van der Waals surface area contributed by atoms with Gasteiger partial charge < -0.3 is 19.9 Å². The molecule has 32 heavy (non-hydrogen) atoms. The van der Waals surface area contributed by atoms with E-state index in [1.165, 1.54) is 6.33 Å². The van der Waals surface area contributed by atoms with Crippen LogP contribution in [0.3, 0.4) is 0 Å². The minimum atomic E-state index is -0.847. The summed E-state index contributed by atoms with van der Waals surface area (Å²) in [6, 6.07) is 12.0. The Balaban J connectivity index is 1.66. The summed E-state index contributed by atoms with van der Waals surface area (Å²) < 4.78 is 18.3. The van der Waals surface area contributed by atoms with Crippen LogP contribution >= 0.6 is 0 Å². The molecule has 0 saturated carbocycles. The van der Waals surface area contributed by atoms with Gasteiger partial charge in [-0.2, -0.15) is 0 Å². The average molecular weight is 431 g/mol. The average Bonchev–Trinajstić information content (AvgIpc) is 3.07. The Morgan fingerprint density at radius 3 is 2.34 bits per heavy atom. The monoisotopic (exact) mass is 430 g/mol. The molecule has 2 N–H and O–H groups in total. The minimum Gasteiger partial charge on any atom is -0.493 e. The van der Waals surface area contributed by atoms with Gasteiger partial charge in [0.25, 0.3) is 6.02 Å². The summed E-state index contributed by atoms with van der Waals surface area (Å²) in [6.45, 7) is 8.98. The molecule has 1 unspecified atom stereocenters. The molecule has 1 aromatic heterocycles. The van der Waals surface area contributed by atoms with Gasteiger partial charge in [-0.3, -0.25) is 0 Å². The fraction of sp³-hybridized carbons (Fsp3) is 0.320. The van der Waals surface area contributed by atoms with Crippen LogP contribution in [-0.4, -0.2) is 28.7 Å². The zero-order valence-corrected chi connectivity index (χ0v) is 18.6. The molecular weight excluding hydrogens is 404 g/mol. The van der Waals surface area contributed by atoms with E-state index in [1.807, 2.05) is 37.3 Å². The lowest BCUT2D eigenvalue weighted by molar-refractivity contribution is 0.165. The van der Waals surface area contributed by atoms with E-state index in [1.54, 1.807) is 12.4 Å². The number of amidine groups is 1. The van der Waals surface area contributed by atoms with Crippen LogP contribution in [0.25, 0.3) is 11.1 Å². The Bertz CT molecular complexity index is 1200. The first-order valence-corrected chi connectivity index (χ1v) is 10.6. The second-order valence-electron chi connectivity index (χ2n) is 9.42. The second-order valence-corrected chi connectivity index (χ2v) is 9.42. The number of benzene rings is 2. The van der Waals surface area contributed by atoms with Crippen molar-refractivity contribution >= 4 is 6.02 Å². The molecule has 2 aromatic carbocycles. The molecule has 2 atom stereocenters. The standard InChI is InChI=1S/C25H26N4O3/c1-15-25(29-23(26)31-15)19-9-16(17-11-27-14-28-12-17)5-7-21(19)32-22-8-6-18(10-20(22)25)30-13-24(2,3)4/h5-12,14-15H,13H2,1-4H3,(H2,26,29)/t15?,25-/m0/s1. The molecule has 1 spiro atoms. The molecule has 5 rings (SSSR count). The highest BCUT2D eigenvalue weighted by molar-refractivity contribution is 5.78. The minimum absolute atomic E-state index is 0.0374. The summed E-state index contributed by atoms with van der Waals surface area (Å²) in [5, 5.41) is 0. The van der Waals surface area contributed by atoms with Crippen LogP contribution in [0.15, 0.2) is 60.1 Å². The molecule has 2 aliphatic heterocycles. The van der Waals surface area contributed by atoms with Gasteiger partial charge in [-0.05, 0) is 48.2 Å². The third-order valence-corrected chi connectivity index (χ3v) is 5.71. The largest absolute Gasteiger partial charge is 0.493 e. The number of hydrogen-bond acceptors (Lipinski definition) is 7. The zero-order valence-electron chi connectivity index (χ0n) is 18.6. The maximum Gasteiger partial charge on any atom is 0.283 e. The van der Waals surface area contributed by atoms with E-state index in [2.05, 4.69) is 36.8 Å². The molecule has 3 heterocycles. The molecule has 0 amide bonds. The third kappa shape index (κ3) is 3.34. The highest BCUT2D eigenvalue weighted by atomic mass is 16.5. The van der Waals surface area contributed by atoms with Crippen molar-refractivity contribution in [3.05, 3.63) is 66.2 Å². The Morgan fingerprint density at radius 2 is 1.69 bits per heavy atom. The lowest BCUT2D eigenvalue weighted by atomic mass is 9.76. The van der Waals surface area contributed by atoms with E-state index in [-0.39, 0.29) is 17.5 Å². The van der Waals surface area contributed by atoms with Crippen LogP contribution < -0.4 is 15.2 Å². The lowest BCUT2D eigenvalue weighted by Crippen LogP contribution is -2.37. The molecule has 0 fully saturated rings. The Labute approximate surface area is 187 Å². The Morgan fingerprint density at radius 1 is 1.00 bits per heavy atom. The molecular formula is C25H26N4O3. The number of aliphatic imine (C=N–C) groups is 1. The van der Waals surface area contributed by atoms with Gasteiger partial charge in [-0.1, -0.05) is 26.8 Å². The van der Waals surface area contributed by atoms with Gasteiger partial charge in [-0.15, -0.1) is 0 Å². The summed E-state index contributed by atoms with van der Waals surface area (Å²) in [6.07, 6.45) is 4.75. The highest BCUT2D eigenvalue weighted by Gasteiger charge is 2.52. The van der Waals surface area contributed by atoms with Gasteiger partial charge in [0, 0.05) is 29.1 Å². The maximum atomic E-state index is 6.29. The quantitative estimate of drug-likeness (QED) is 0.650. The molecule has 0 radical (unpaired) electrons. The first-order chi connectivity index (χ1) is 15.3. The smallest absolute Gasteiger partial charge is 0.283 e. The van der Waals surface area contributed by atoms with E-state index in [0.717, 1.165) is 33.8 Å². The predicted octanol–water partition coefficient (Wildman–Crippen LogP) is 4.65. The van der Waals surface area contributed by atoms with E-state index in [9.17, 15) is 0 Å². The summed E-state index contributed by atoms with van der Waals surface area (Å²) in [5.74, 6) is 2.19. The van der Waals surface area contributed by atoms with Gasteiger partial charge in [0.15, 0.2) is 5.54 Å². The third-order valence-electron chi connectivity index (χ3n) is 5.71. The van der Waals surface area contributed by atoms with E-state index < -0.39 is 5.54 Å². The van der Waals surface area contributed by atoms with Crippen molar-refractivity contribution in [3.8, 4) is 28.4 Å². The summed E-state index contributed by atoms with van der Waals surface area (Å²) in [4.78, 5) is 13.1. The fourth-order valence-electron chi connectivity index (χ4n) is 4.21. The van der Waals surface area contributed by atoms with Gasteiger partial charge in [-0.25, -0.2) is 15.0 Å². The van der Waals surface area contributed by atoms with Gasteiger partial charge >= 0.3 is 0 Å². The number of aromatic nitrogens is 2. The summed E-state index contributed by atoms with van der Waals surface area (Å²) in [7, 11) is 0. The molecule has 0 aliphatic carbocycles. The number of rotatable bonds is 3. The molecule has 0 saturated heterocycles. The van der Waals surface area contributed by atoms with E-state index >= 15 is 0 Å². The lowest BCUT2D eigenvalue weighted by Gasteiger charge is -2.37. The number of hydrogen-bond donors (Lipinski definition) is 1. The van der Waals surface area contributed by atoms with Crippen molar-refractivity contribution in [3.63, 3.8) is 0 Å². The fourth-order valence-corrected chi connectivity index (χ4v) is 4.21. The van der Waals surface area contributed by atoms with Crippen LogP contribution in [0.4, 0.5) is 0 Å². The van der Waals surface area contributed by atoms with E-state index in [4.69, 9.17) is 24.9 Å². The highest BCUT2D eigenvalue weighted by Crippen LogP contribution is 2.54. The predicted molar refractivity (Wildman–Crippen MR) is 122 cm³/mol. The SMILES string of the molecule is CC1OC(N)=N[C@@]12c1cc(OCC(C)(C)C)ccc1Oc1ccc(-c3cncnc3)cc12. The van der Waals surface area contributed by atoms with Gasteiger partial charge in [0.05, 0.1) is 6.61 Å². The second kappa shape index (κ2) is 7.22. The van der Waals surface area contributed by atoms with Crippen LogP contribution in [0.5, 0.6) is 17.2 Å². The number of nitrogens with zero attached hydrogens (tertiary/aromatic N) is 3. The summed E-state index contributed by atoms with van der Waals surface area (Å²) >= 11 is 0. The molecule has 0 bridgehead atoms. The van der Waals surface area contributed by atoms with Crippen molar-refractivity contribution in [1.29, 1.82) is 0 Å². The normalized spacial score (nSPS) is 21.2. The number of nitrogens with two attached hydrogens (primary N) is 1. The van der Waals surface area contributed by atoms with Crippen molar-refractivity contribution in [1.82, 2.24) is 9.97 Å².